The lowest BCUT2D eigenvalue weighted by Gasteiger charge is -2.25. The first kappa shape index (κ1) is 16.6. The number of nitriles is 2. The lowest BCUT2D eigenvalue weighted by Crippen LogP contribution is -2.19. The van der Waals surface area contributed by atoms with Crippen molar-refractivity contribution in [3.63, 3.8) is 0 Å². The zero-order chi connectivity index (χ0) is 14.0. The molecule has 0 heterocycles. The van der Waals surface area contributed by atoms with Gasteiger partial charge in [-0.15, -0.1) is 0 Å². The maximum absolute atomic E-state index is 8.77. The van der Waals surface area contributed by atoms with E-state index in [-0.39, 0.29) is 17.3 Å². The zero-order valence-electron chi connectivity index (χ0n) is 11.9. The molecule has 3 unspecified atom stereocenters. The van der Waals surface area contributed by atoms with Crippen LogP contribution in [0.5, 0.6) is 0 Å². The molecule has 0 radical (unpaired) electrons. The molecule has 100 valence electrons. The second-order valence-electron chi connectivity index (χ2n) is 5.64. The monoisotopic (exact) mass is 247 g/mol. The van der Waals surface area contributed by atoms with Gasteiger partial charge in [0.05, 0.1) is 12.1 Å². The Morgan fingerprint density at radius 1 is 1.06 bits per heavy atom. The van der Waals surface area contributed by atoms with Crippen LogP contribution in [0.25, 0.3) is 0 Å². The number of nitrogens with zero attached hydrogens (tertiary/aromatic N) is 2. The van der Waals surface area contributed by atoms with Crippen molar-refractivity contribution in [3.8, 4) is 12.1 Å². The normalized spacial score (nSPS) is 16.9. The summed E-state index contributed by atoms with van der Waals surface area (Å²) in [4.78, 5) is 0. The van der Waals surface area contributed by atoms with E-state index in [9.17, 15) is 0 Å². The molecule has 0 bridgehead atoms. The molecule has 0 fully saturated rings. The van der Waals surface area contributed by atoms with E-state index in [4.69, 9.17) is 15.9 Å². The maximum Gasteiger partial charge on any atom is 0.0652 e. The quantitative estimate of drug-likeness (QED) is 0.487. The summed E-state index contributed by atoms with van der Waals surface area (Å²) in [7, 11) is 0. The van der Waals surface area contributed by atoms with E-state index in [0.717, 1.165) is 38.5 Å². The van der Waals surface area contributed by atoms with Gasteiger partial charge in [0.15, 0.2) is 0 Å². The summed E-state index contributed by atoms with van der Waals surface area (Å²) in [5, 5.41) is 25.0. The molecule has 0 aromatic rings. The van der Waals surface area contributed by atoms with Crippen LogP contribution in [-0.2, 0) is 0 Å². The Balaban J connectivity index is 3.98. The second kappa shape index (κ2) is 8.70. The SMILES string of the molecule is CC(C#N)CCCCC(C)(C=N)CCC(C)C#N. The Kier molecular flexibility index (Phi) is 8.05. The van der Waals surface area contributed by atoms with Crippen molar-refractivity contribution in [2.75, 3.05) is 0 Å². The Labute approximate surface area is 111 Å². The van der Waals surface area contributed by atoms with Crippen LogP contribution in [0.3, 0.4) is 0 Å². The van der Waals surface area contributed by atoms with Gasteiger partial charge in [-0.2, -0.15) is 10.5 Å². The number of nitrogens with one attached hydrogen (secondary N) is 1. The first-order valence-electron chi connectivity index (χ1n) is 6.78. The minimum atomic E-state index is -0.0823. The average molecular weight is 247 g/mol. The fraction of sp³-hybridized carbons (Fsp3) is 0.800. The fourth-order valence-corrected chi connectivity index (χ4v) is 1.92. The summed E-state index contributed by atoms with van der Waals surface area (Å²) < 4.78 is 0. The molecular formula is C15H25N3. The molecule has 18 heavy (non-hydrogen) atoms. The smallest absolute Gasteiger partial charge is 0.0652 e. The van der Waals surface area contributed by atoms with Gasteiger partial charge in [0, 0.05) is 23.5 Å². The maximum atomic E-state index is 8.77. The van der Waals surface area contributed by atoms with Crippen molar-refractivity contribution in [1.82, 2.24) is 0 Å². The molecule has 0 saturated heterocycles. The van der Waals surface area contributed by atoms with E-state index >= 15 is 0 Å². The van der Waals surface area contributed by atoms with Crippen LogP contribution in [-0.4, -0.2) is 6.21 Å². The molecule has 3 nitrogen and oxygen atoms in total. The van der Waals surface area contributed by atoms with Crippen LogP contribution < -0.4 is 0 Å². The summed E-state index contributed by atoms with van der Waals surface area (Å²) in [6, 6.07) is 4.48. The summed E-state index contributed by atoms with van der Waals surface area (Å²) in [5.74, 6) is 0.206. The molecule has 0 aliphatic carbocycles. The highest BCUT2D eigenvalue weighted by molar-refractivity contribution is 5.61. The van der Waals surface area contributed by atoms with Gasteiger partial charge in [-0.25, -0.2) is 0 Å². The molecule has 0 aliphatic rings. The van der Waals surface area contributed by atoms with Crippen LogP contribution in [0.2, 0.25) is 0 Å². The van der Waals surface area contributed by atoms with E-state index in [2.05, 4.69) is 19.1 Å². The molecule has 0 aromatic carbocycles. The van der Waals surface area contributed by atoms with Gasteiger partial charge in [-0.1, -0.05) is 19.8 Å². The van der Waals surface area contributed by atoms with Gasteiger partial charge in [0.2, 0.25) is 0 Å². The van der Waals surface area contributed by atoms with E-state index in [0.29, 0.717) is 0 Å². The van der Waals surface area contributed by atoms with Gasteiger partial charge in [-0.3, -0.25) is 0 Å². The van der Waals surface area contributed by atoms with Crippen LogP contribution >= 0.6 is 0 Å². The highest BCUT2D eigenvalue weighted by Gasteiger charge is 2.21. The molecule has 0 rings (SSSR count). The van der Waals surface area contributed by atoms with Crippen molar-refractivity contribution in [3.05, 3.63) is 0 Å². The van der Waals surface area contributed by atoms with Crippen molar-refractivity contribution in [2.24, 2.45) is 17.3 Å². The molecule has 1 N–H and O–H groups in total. The number of unbranched alkanes of at least 4 members (excludes halogenated alkanes) is 1. The molecule has 0 amide bonds. The van der Waals surface area contributed by atoms with E-state index in [1.54, 1.807) is 0 Å². The molecule has 3 heteroatoms. The number of rotatable bonds is 9. The highest BCUT2D eigenvalue weighted by atomic mass is 14.4. The van der Waals surface area contributed by atoms with E-state index < -0.39 is 0 Å². The Morgan fingerprint density at radius 2 is 1.61 bits per heavy atom. The molecule has 0 spiro atoms. The summed E-state index contributed by atoms with van der Waals surface area (Å²) in [6.45, 7) is 5.97. The van der Waals surface area contributed by atoms with Crippen molar-refractivity contribution >= 4 is 6.21 Å². The lowest BCUT2D eigenvalue weighted by atomic mass is 9.80. The first-order chi connectivity index (χ1) is 8.47. The van der Waals surface area contributed by atoms with E-state index in [1.165, 1.54) is 6.21 Å². The third kappa shape index (κ3) is 7.07. The molecule has 0 aliphatic heterocycles. The van der Waals surface area contributed by atoms with Crippen molar-refractivity contribution in [2.45, 2.75) is 59.3 Å². The van der Waals surface area contributed by atoms with Gasteiger partial charge in [0.1, 0.15) is 0 Å². The minimum absolute atomic E-state index is 0.0721. The molecule has 0 aromatic heterocycles. The molecular weight excluding hydrogens is 222 g/mol. The Morgan fingerprint density at radius 3 is 2.11 bits per heavy atom. The summed E-state index contributed by atoms with van der Waals surface area (Å²) in [5.41, 5.74) is -0.0823. The molecule has 3 atom stereocenters. The van der Waals surface area contributed by atoms with Gasteiger partial charge in [0.25, 0.3) is 0 Å². The van der Waals surface area contributed by atoms with Crippen molar-refractivity contribution < 1.29 is 0 Å². The van der Waals surface area contributed by atoms with Crippen LogP contribution in [0.15, 0.2) is 0 Å². The Hall–Kier alpha value is -1.35. The van der Waals surface area contributed by atoms with Crippen molar-refractivity contribution in [1.29, 1.82) is 15.9 Å². The van der Waals surface area contributed by atoms with Crippen LogP contribution in [0, 0.1) is 45.3 Å². The Bertz CT molecular complexity index is 324. The standard InChI is InChI=1S/C15H25N3/c1-13(10-16)6-4-5-8-15(3,12-18)9-7-14(2)11-17/h12-14,18H,4-9H2,1-3H3. The number of hydrogen-bond donors (Lipinski definition) is 1. The lowest BCUT2D eigenvalue weighted by molar-refractivity contribution is 0.353. The first-order valence-corrected chi connectivity index (χ1v) is 6.78. The van der Waals surface area contributed by atoms with Gasteiger partial charge in [-0.05, 0) is 39.5 Å². The zero-order valence-corrected chi connectivity index (χ0v) is 11.9. The second-order valence-corrected chi connectivity index (χ2v) is 5.64. The topological polar surface area (TPSA) is 71.4 Å². The molecule has 0 saturated carbocycles. The largest absolute Gasteiger partial charge is 0.313 e. The minimum Gasteiger partial charge on any atom is -0.313 e. The number of hydrogen-bond acceptors (Lipinski definition) is 3. The average Bonchev–Trinajstić information content (AvgIpc) is 2.40. The highest BCUT2D eigenvalue weighted by Crippen LogP contribution is 2.29. The fourth-order valence-electron chi connectivity index (χ4n) is 1.92. The third-order valence-electron chi connectivity index (χ3n) is 3.57. The van der Waals surface area contributed by atoms with Crippen LogP contribution in [0.4, 0.5) is 0 Å². The third-order valence-corrected chi connectivity index (χ3v) is 3.57. The predicted octanol–water partition coefficient (Wildman–Crippen LogP) is 4.30. The van der Waals surface area contributed by atoms with E-state index in [1.807, 2.05) is 13.8 Å². The predicted molar refractivity (Wildman–Crippen MR) is 74.1 cm³/mol. The summed E-state index contributed by atoms with van der Waals surface area (Å²) >= 11 is 0. The van der Waals surface area contributed by atoms with Gasteiger partial charge >= 0.3 is 0 Å². The van der Waals surface area contributed by atoms with Gasteiger partial charge < -0.3 is 5.41 Å². The summed E-state index contributed by atoms with van der Waals surface area (Å²) in [6.07, 6.45) is 7.32. The van der Waals surface area contributed by atoms with Crippen LogP contribution in [0.1, 0.15) is 59.3 Å².